The molecule has 0 unspecified atom stereocenters. The minimum atomic E-state index is -0.380. The molecule has 1 saturated heterocycles. The predicted octanol–water partition coefficient (Wildman–Crippen LogP) is 3.64. The molecule has 2 aromatic rings. The number of benzene rings is 2. The van der Waals surface area contributed by atoms with E-state index in [1.165, 1.54) is 0 Å². The van der Waals surface area contributed by atoms with Crippen LogP contribution in [-0.2, 0) is 9.53 Å². The molecule has 0 radical (unpaired) electrons. The van der Waals surface area contributed by atoms with Gasteiger partial charge in [-0.2, -0.15) is 0 Å². The van der Waals surface area contributed by atoms with Crippen LogP contribution >= 0.6 is 0 Å². The molecule has 2 atom stereocenters. The Morgan fingerprint density at radius 3 is 1.83 bits per heavy atom. The first-order valence-corrected chi connectivity index (χ1v) is 7.31. The predicted molar refractivity (Wildman–Crippen MR) is 86.7 cm³/mol. The molecular formula is C19H18O4. The monoisotopic (exact) mass is 310 g/mol. The summed E-state index contributed by atoms with van der Waals surface area (Å²) >= 11 is 0. The van der Waals surface area contributed by atoms with E-state index < -0.39 is 0 Å². The molecule has 118 valence electrons. The summed E-state index contributed by atoms with van der Waals surface area (Å²) in [6.07, 6.45) is -0.380. The molecule has 1 aliphatic heterocycles. The second-order valence-corrected chi connectivity index (χ2v) is 5.38. The molecule has 0 spiro atoms. The van der Waals surface area contributed by atoms with Gasteiger partial charge in [0.2, 0.25) is 0 Å². The Labute approximate surface area is 135 Å². The molecule has 1 heterocycles. The number of rotatable bonds is 4. The van der Waals surface area contributed by atoms with Crippen molar-refractivity contribution in [1.29, 1.82) is 0 Å². The first-order chi connectivity index (χ1) is 11.1. The molecule has 4 nitrogen and oxygen atoms in total. The van der Waals surface area contributed by atoms with Crippen LogP contribution in [0.4, 0.5) is 0 Å². The van der Waals surface area contributed by atoms with E-state index in [-0.39, 0.29) is 18.0 Å². The number of hydrogen-bond acceptors (Lipinski definition) is 4. The average Bonchev–Trinajstić information content (AvgIpc) is 2.90. The van der Waals surface area contributed by atoms with Gasteiger partial charge >= 0.3 is 5.97 Å². The van der Waals surface area contributed by atoms with Crippen LogP contribution < -0.4 is 9.47 Å². The second-order valence-electron chi connectivity index (χ2n) is 5.38. The van der Waals surface area contributed by atoms with Gasteiger partial charge in [-0.15, -0.1) is 0 Å². The highest BCUT2D eigenvalue weighted by Crippen LogP contribution is 2.45. The van der Waals surface area contributed by atoms with Crippen molar-refractivity contribution in [3.8, 4) is 11.5 Å². The molecule has 1 fully saturated rings. The van der Waals surface area contributed by atoms with Crippen LogP contribution in [0, 0.1) is 0 Å². The molecular weight excluding hydrogens is 292 g/mol. The van der Waals surface area contributed by atoms with Gasteiger partial charge in [0.1, 0.15) is 17.6 Å². The summed E-state index contributed by atoms with van der Waals surface area (Å²) in [5.41, 5.74) is 2.36. The molecule has 0 aromatic heterocycles. The molecule has 0 saturated carbocycles. The third-order valence-corrected chi connectivity index (χ3v) is 4.09. The van der Waals surface area contributed by atoms with Crippen LogP contribution in [0.1, 0.15) is 23.1 Å². The number of esters is 1. The van der Waals surface area contributed by atoms with E-state index >= 15 is 0 Å². The molecule has 23 heavy (non-hydrogen) atoms. The topological polar surface area (TPSA) is 44.8 Å². The summed E-state index contributed by atoms with van der Waals surface area (Å²) in [5, 5.41) is 0. The Bertz CT molecular complexity index is 716. The normalized spacial score (nSPS) is 20.3. The van der Waals surface area contributed by atoms with Gasteiger partial charge < -0.3 is 14.2 Å². The second kappa shape index (κ2) is 6.16. The quantitative estimate of drug-likeness (QED) is 0.639. The zero-order chi connectivity index (χ0) is 16.4. The van der Waals surface area contributed by atoms with E-state index in [0.717, 1.165) is 22.6 Å². The molecule has 0 amide bonds. The zero-order valence-electron chi connectivity index (χ0n) is 13.1. The lowest BCUT2D eigenvalue weighted by Crippen LogP contribution is -2.07. The lowest BCUT2D eigenvalue weighted by atomic mass is 9.86. The van der Waals surface area contributed by atoms with Crippen molar-refractivity contribution in [3.63, 3.8) is 0 Å². The number of cyclic esters (lactones) is 1. The third-order valence-electron chi connectivity index (χ3n) is 4.09. The zero-order valence-corrected chi connectivity index (χ0v) is 13.1. The fourth-order valence-electron chi connectivity index (χ4n) is 2.81. The van der Waals surface area contributed by atoms with Crippen molar-refractivity contribution in [1.82, 2.24) is 0 Å². The lowest BCUT2D eigenvalue weighted by molar-refractivity contribution is -0.139. The Kier molecular flexibility index (Phi) is 4.06. The van der Waals surface area contributed by atoms with E-state index in [1.807, 2.05) is 48.5 Å². The highest BCUT2D eigenvalue weighted by molar-refractivity contribution is 5.92. The maximum absolute atomic E-state index is 12.0. The van der Waals surface area contributed by atoms with Gasteiger partial charge in [-0.1, -0.05) is 30.8 Å². The maximum Gasteiger partial charge on any atom is 0.334 e. The molecule has 0 bridgehead atoms. The highest BCUT2D eigenvalue weighted by atomic mass is 16.6. The van der Waals surface area contributed by atoms with Crippen molar-refractivity contribution in [2.75, 3.05) is 14.2 Å². The minimum absolute atomic E-state index is 0.207. The SMILES string of the molecule is C=C1C(=O)O[C@H](c2ccc(OC)cc2)[C@@H]1c1ccc(OC)cc1. The molecule has 0 N–H and O–H groups in total. The van der Waals surface area contributed by atoms with Gasteiger partial charge in [0.15, 0.2) is 0 Å². The van der Waals surface area contributed by atoms with Crippen LogP contribution in [0.15, 0.2) is 60.7 Å². The fourth-order valence-corrected chi connectivity index (χ4v) is 2.81. The number of hydrogen-bond donors (Lipinski definition) is 0. The Morgan fingerprint density at radius 2 is 1.35 bits per heavy atom. The lowest BCUT2D eigenvalue weighted by Gasteiger charge is -2.19. The number of ether oxygens (including phenoxy) is 3. The van der Waals surface area contributed by atoms with Gasteiger partial charge in [0.05, 0.1) is 20.1 Å². The average molecular weight is 310 g/mol. The van der Waals surface area contributed by atoms with Gasteiger partial charge in [-0.05, 0) is 35.4 Å². The number of carbonyl (C=O) groups is 1. The fraction of sp³-hybridized carbons (Fsp3) is 0.211. The van der Waals surface area contributed by atoms with Gasteiger partial charge in [0, 0.05) is 5.57 Å². The Hall–Kier alpha value is -2.75. The van der Waals surface area contributed by atoms with Crippen molar-refractivity contribution in [2.24, 2.45) is 0 Å². The van der Waals surface area contributed by atoms with Crippen molar-refractivity contribution in [2.45, 2.75) is 12.0 Å². The molecule has 2 aromatic carbocycles. The van der Waals surface area contributed by atoms with Crippen LogP contribution in [0.25, 0.3) is 0 Å². The first-order valence-electron chi connectivity index (χ1n) is 7.31. The third kappa shape index (κ3) is 2.80. The van der Waals surface area contributed by atoms with E-state index in [0.29, 0.717) is 5.57 Å². The summed E-state index contributed by atoms with van der Waals surface area (Å²) in [7, 11) is 3.24. The summed E-state index contributed by atoms with van der Waals surface area (Å²) < 4.78 is 15.9. The van der Waals surface area contributed by atoms with E-state index in [9.17, 15) is 4.79 Å². The highest BCUT2D eigenvalue weighted by Gasteiger charge is 2.40. The van der Waals surface area contributed by atoms with E-state index in [2.05, 4.69) is 6.58 Å². The molecule has 4 heteroatoms. The summed E-state index contributed by atoms with van der Waals surface area (Å²) in [6, 6.07) is 15.1. The van der Waals surface area contributed by atoms with Crippen LogP contribution in [0.2, 0.25) is 0 Å². The molecule has 1 aliphatic rings. The van der Waals surface area contributed by atoms with Gasteiger partial charge in [0.25, 0.3) is 0 Å². The Morgan fingerprint density at radius 1 is 0.870 bits per heavy atom. The first kappa shape index (κ1) is 15.2. The van der Waals surface area contributed by atoms with Crippen molar-refractivity contribution in [3.05, 3.63) is 71.8 Å². The standard InChI is InChI=1S/C19H18O4/c1-12-17(13-4-8-15(21-2)9-5-13)18(23-19(12)20)14-6-10-16(22-3)11-7-14/h4-11,17-18H,1H2,2-3H3/t17-,18+/m0/s1. The summed E-state index contributed by atoms with van der Waals surface area (Å²) in [4.78, 5) is 12.0. The maximum atomic E-state index is 12.0. The van der Waals surface area contributed by atoms with E-state index in [1.54, 1.807) is 14.2 Å². The molecule has 3 rings (SSSR count). The number of carbonyl (C=O) groups excluding carboxylic acids is 1. The molecule has 0 aliphatic carbocycles. The number of methoxy groups -OCH3 is 2. The summed E-state index contributed by atoms with van der Waals surface area (Å²) in [5.74, 6) is 0.969. The van der Waals surface area contributed by atoms with Gasteiger partial charge in [-0.25, -0.2) is 4.79 Å². The van der Waals surface area contributed by atoms with Crippen molar-refractivity contribution >= 4 is 5.97 Å². The minimum Gasteiger partial charge on any atom is -0.497 e. The largest absolute Gasteiger partial charge is 0.497 e. The van der Waals surface area contributed by atoms with Crippen LogP contribution in [-0.4, -0.2) is 20.2 Å². The van der Waals surface area contributed by atoms with E-state index in [4.69, 9.17) is 14.2 Å². The van der Waals surface area contributed by atoms with Crippen molar-refractivity contribution < 1.29 is 19.0 Å². The summed E-state index contributed by atoms with van der Waals surface area (Å²) in [6.45, 7) is 3.91. The smallest absolute Gasteiger partial charge is 0.334 e. The van der Waals surface area contributed by atoms with Gasteiger partial charge in [-0.3, -0.25) is 0 Å². The van der Waals surface area contributed by atoms with Crippen LogP contribution in [0.3, 0.4) is 0 Å². The Balaban J connectivity index is 1.96. The van der Waals surface area contributed by atoms with Crippen LogP contribution in [0.5, 0.6) is 11.5 Å².